The van der Waals surface area contributed by atoms with E-state index in [9.17, 15) is 19.5 Å². The molecule has 0 aliphatic rings. The fourth-order valence-corrected chi connectivity index (χ4v) is 11.4. The topological polar surface area (TPSA) is 108 Å². The molecule has 0 aromatic heterocycles. The first kappa shape index (κ1) is 83.5. The van der Waals surface area contributed by atoms with Gasteiger partial charge in [-0.3, -0.25) is 9.59 Å². The summed E-state index contributed by atoms with van der Waals surface area (Å²) < 4.78 is 23.0. The largest absolute Gasteiger partial charge is 0.477 e. The van der Waals surface area contributed by atoms with E-state index >= 15 is 0 Å². The molecule has 9 heteroatoms. The third-order valence-corrected chi connectivity index (χ3v) is 17.1. The highest BCUT2D eigenvalue weighted by Crippen LogP contribution is 2.19. The fraction of sp³-hybridized carbons (Fsp3) is 0.883. The molecule has 0 radical (unpaired) electrons. The Hall–Kier alpha value is -2.49. The van der Waals surface area contributed by atoms with Crippen molar-refractivity contribution in [1.29, 1.82) is 0 Å². The second kappa shape index (κ2) is 68.4. The molecule has 0 amide bonds. The predicted molar refractivity (Wildman–Crippen MR) is 369 cm³/mol. The monoisotopic (exact) mass is 1210 g/mol. The molecule has 0 spiro atoms. The third kappa shape index (κ3) is 69.0. The summed E-state index contributed by atoms with van der Waals surface area (Å²) in [6, 6.07) is 0. The molecule has 9 nitrogen and oxygen atoms in total. The number of likely N-dealkylation sites (N-methyl/N-ethyl adjacent to an activating group) is 1. The van der Waals surface area contributed by atoms with E-state index in [1.54, 1.807) is 0 Å². The van der Waals surface area contributed by atoms with Gasteiger partial charge in [0.15, 0.2) is 6.10 Å². The maximum absolute atomic E-state index is 13.0. The molecule has 0 saturated carbocycles. The number of hydrogen-bond donors (Lipinski definition) is 1. The number of allylic oxidation sites excluding steroid dienone is 6. The average Bonchev–Trinajstić information content (AvgIpc) is 3.63. The SMILES string of the molecule is CCCCCCC/C=C\C/C=C\C/C=C\CCCCCCCCCCCCCCCCCCCCCCCCCCCCC(=O)OC(COC(=O)CCCCCCCCCCCCCCCCCCCCCC)COC(OCC[N+](C)(C)C)C(=O)O. The van der Waals surface area contributed by atoms with Crippen molar-refractivity contribution in [1.82, 2.24) is 0 Å². The Morgan fingerprint density at radius 2 is 0.628 bits per heavy atom. The van der Waals surface area contributed by atoms with E-state index in [0.29, 0.717) is 17.4 Å². The van der Waals surface area contributed by atoms with Crippen LogP contribution in [0.3, 0.4) is 0 Å². The standard InChI is InChI=1S/C77H145NO8/c1-6-8-10-12-14-16-18-20-22-24-26-28-29-30-31-32-33-34-35-36-37-38-39-40-41-42-43-44-45-46-47-48-50-52-54-56-58-60-62-64-66-68-75(80)86-73(72-85-77(76(81)82)83-70-69-78(3,4)5)71-84-74(79)67-65-63-61-59-57-55-53-51-49-27-25-23-21-19-17-15-13-11-9-7-2/h18,20,24,26,29-30,73,77H,6-17,19,21-23,25,27-28,31-72H2,1-5H3/p+1/b20-18-,26-24-,30-29-. The summed E-state index contributed by atoms with van der Waals surface area (Å²) >= 11 is 0. The van der Waals surface area contributed by atoms with Crippen LogP contribution in [0.5, 0.6) is 0 Å². The first-order valence-electron chi connectivity index (χ1n) is 37.7. The van der Waals surface area contributed by atoms with Crippen molar-refractivity contribution >= 4 is 17.9 Å². The highest BCUT2D eigenvalue weighted by atomic mass is 16.7. The maximum Gasteiger partial charge on any atom is 0.361 e. The second-order valence-electron chi connectivity index (χ2n) is 27.0. The number of unbranched alkanes of at least 4 members (excludes halogenated alkanes) is 50. The summed E-state index contributed by atoms with van der Waals surface area (Å²) in [6.45, 7) is 4.94. The Bertz CT molecular complexity index is 1500. The molecule has 1 N–H and O–H groups in total. The van der Waals surface area contributed by atoms with Gasteiger partial charge in [0, 0.05) is 12.8 Å². The molecule has 0 saturated heterocycles. The minimum atomic E-state index is -1.51. The summed E-state index contributed by atoms with van der Waals surface area (Å²) in [6.07, 6.45) is 84.3. The van der Waals surface area contributed by atoms with Crippen molar-refractivity contribution in [3.8, 4) is 0 Å². The number of carbonyl (C=O) groups excluding carboxylic acids is 2. The van der Waals surface area contributed by atoms with Gasteiger partial charge in [0.05, 0.1) is 34.4 Å². The number of carboxylic acid groups (broad SMARTS) is 1. The zero-order valence-electron chi connectivity index (χ0n) is 58.0. The van der Waals surface area contributed by atoms with Crippen LogP contribution in [0.25, 0.3) is 0 Å². The van der Waals surface area contributed by atoms with Crippen LogP contribution in [0.4, 0.5) is 0 Å². The van der Waals surface area contributed by atoms with E-state index in [1.807, 2.05) is 21.1 Å². The minimum Gasteiger partial charge on any atom is -0.477 e. The van der Waals surface area contributed by atoms with Crippen molar-refractivity contribution in [2.24, 2.45) is 0 Å². The molecule has 0 fully saturated rings. The first-order chi connectivity index (χ1) is 42.1. The summed E-state index contributed by atoms with van der Waals surface area (Å²) in [7, 11) is 5.99. The van der Waals surface area contributed by atoms with Gasteiger partial charge in [0.2, 0.25) is 0 Å². The summed E-state index contributed by atoms with van der Waals surface area (Å²) in [4.78, 5) is 37.6. The van der Waals surface area contributed by atoms with Crippen molar-refractivity contribution in [3.05, 3.63) is 36.5 Å². The van der Waals surface area contributed by atoms with Gasteiger partial charge in [0.1, 0.15) is 13.2 Å². The molecule has 2 unspecified atom stereocenters. The smallest absolute Gasteiger partial charge is 0.361 e. The molecular weight excluding hydrogens is 1070 g/mol. The van der Waals surface area contributed by atoms with E-state index in [2.05, 4.69) is 50.3 Å². The van der Waals surface area contributed by atoms with Crippen LogP contribution in [0.2, 0.25) is 0 Å². The van der Waals surface area contributed by atoms with Gasteiger partial charge in [-0.2, -0.15) is 0 Å². The molecular formula is C77H146NO8+. The molecule has 86 heavy (non-hydrogen) atoms. The van der Waals surface area contributed by atoms with Crippen molar-refractivity contribution in [3.63, 3.8) is 0 Å². The molecule has 2 atom stereocenters. The number of ether oxygens (including phenoxy) is 4. The zero-order valence-corrected chi connectivity index (χ0v) is 58.0. The fourth-order valence-electron chi connectivity index (χ4n) is 11.4. The van der Waals surface area contributed by atoms with Gasteiger partial charge in [-0.1, -0.05) is 352 Å². The highest BCUT2D eigenvalue weighted by Gasteiger charge is 2.25. The van der Waals surface area contributed by atoms with Crippen molar-refractivity contribution in [2.45, 2.75) is 392 Å². The lowest BCUT2D eigenvalue weighted by Crippen LogP contribution is -2.40. The zero-order chi connectivity index (χ0) is 62.6. The van der Waals surface area contributed by atoms with Crippen LogP contribution >= 0.6 is 0 Å². The normalized spacial score (nSPS) is 12.8. The number of hydrogen-bond acceptors (Lipinski definition) is 7. The van der Waals surface area contributed by atoms with Crippen LogP contribution in [0, 0.1) is 0 Å². The van der Waals surface area contributed by atoms with Crippen LogP contribution in [-0.4, -0.2) is 87.4 Å². The lowest BCUT2D eigenvalue weighted by Gasteiger charge is -2.25. The summed E-state index contributed by atoms with van der Waals surface area (Å²) in [5.41, 5.74) is 0. The summed E-state index contributed by atoms with van der Waals surface area (Å²) in [5, 5.41) is 9.75. The molecule has 0 aliphatic heterocycles. The van der Waals surface area contributed by atoms with E-state index in [-0.39, 0.29) is 38.2 Å². The number of quaternary nitrogens is 1. The molecule has 0 bridgehead atoms. The first-order valence-corrected chi connectivity index (χ1v) is 37.7. The Morgan fingerprint density at radius 1 is 0.349 bits per heavy atom. The highest BCUT2D eigenvalue weighted by molar-refractivity contribution is 5.71. The molecule has 0 rings (SSSR count). The molecule has 506 valence electrons. The molecule has 0 aromatic carbocycles. The number of rotatable bonds is 71. The number of nitrogens with zero attached hydrogens (tertiary/aromatic N) is 1. The van der Waals surface area contributed by atoms with Crippen LogP contribution in [0.15, 0.2) is 36.5 Å². The Kier molecular flexibility index (Phi) is 66.4. The third-order valence-electron chi connectivity index (χ3n) is 17.1. The Morgan fingerprint density at radius 3 is 0.930 bits per heavy atom. The Balaban J connectivity index is 3.93. The van der Waals surface area contributed by atoms with Crippen molar-refractivity contribution < 1.29 is 42.9 Å². The van der Waals surface area contributed by atoms with Gasteiger partial charge in [0.25, 0.3) is 6.29 Å². The van der Waals surface area contributed by atoms with Crippen LogP contribution in [-0.2, 0) is 33.3 Å². The lowest BCUT2D eigenvalue weighted by molar-refractivity contribution is -0.870. The van der Waals surface area contributed by atoms with Gasteiger partial charge in [-0.15, -0.1) is 0 Å². The van der Waals surface area contributed by atoms with Gasteiger partial charge in [-0.05, 0) is 51.4 Å². The minimum absolute atomic E-state index is 0.174. The van der Waals surface area contributed by atoms with Crippen LogP contribution < -0.4 is 0 Å². The van der Waals surface area contributed by atoms with Gasteiger partial charge >= 0.3 is 17.9 Å². The van der Waals surface area contributed by atoms with E-state index < -0.39 is 18.4 Å². The average molecular weight is 1210 g/mol. The molecule has 0 aromatic rings. The maximum atomic E-state index is 13.0. The number of carbonyl (C=O) groups is 3. The van der Waals surface area contributed by atoms with E-state index in [1.165, 1.54) is 302 Å². The Labute approximate surface area is 534 Å². The number of carboxylic acids is 1. The molecule has 0 heterocycles. The quantitative estimate of drug-likeness (QED) is 0.0211. The van der Waals surface area contributed by atoms with Crippen molar-refractivity contribution in [2.75, 3.05) is 47.5 Å². The van der Waals surface area contributed by atoms with Gasteiger partial charge < -0.3 is 28.5 Å². The predicted octanol–water partition coefficient (Wildman–Crippen LogP) is 23.5. The van der Waals surface area contributed by atoms with Gasteiger partial charge in [-0.25, -0.2) is 4.79 Å². The van der Waals surface area contributed by atoms with Crippen LogP contribution in [0.1, 0.15) is 380 Å². The number of aliphatic carboxylic acids is 1. The summed E-state index contributed by atoms with van der Waals surface area (Å²) in [5.74, 6) is -1.97. The number of esters is 2. The van der Waals surface area contributed by atoms with E-state index in [0.717, 1.165) is 51.4 Å². The lowest BCUT2D eigenvalue weighted by atomic mass is 10.0. The molecule has 0 aliphatic carbocycles. The van der Waals surface area contributed by atoms with E-state index in [4.69, 9.17) is 18.9 Å². The second-order valence-corrected chi connectivity index (χ2v) is 27.0.